The molecule has 0 N–H and O–H groups in total. The fourth-order valence-electron chi connectivity index (χ4n) is 3.39. The van der Waals surface area contributed by atoms with Crippen LogP contribution < -0.4 is 4.90 Å². The number of aromatic nitrogens is 3. The van der Waals surface area contributed by atoms with Crippen LogP contribution in [-0.2, 0) is 4.79 Å². The topological polar surface area (TPSA) is 72.1 Å². The average molecular weight is 439 g/mol. The van der Waals surface area contributed by atoms with Crippen LogP contribution in [-0.4, -0.2) is 26.8 Å². The molecule has 156 valence electrons. The second kappa shape index (κ2) is 9.03. The smallest absolute Gasteiger partial charge is 0.277 e. The fourth-order valence-corrected chi connectivity index (χ4v) is 4.00. The van der Waals surface area contributed by atoms with E-state index in [1.807, 2.05) is 72.8 Å². The Bertz CT molecular complexity index is 1360. The van der Waals surface area contributed by atoms with Crippen LogP contribution in [0, 0.1) is 0 Å². The van der Waals surface area contributed by atoms with E-state index >= 15 is 0 Å². The second-order valence-electron chi connectivity index (χ2n) is 7.00. The third kappa shape index (κ3) is 4.24. The number of anilines is 2. The van der Waals surface area contributed by atoms with Gasteiger partial charge in [0, 0.05) is 23.8 Å². The van der Waals surface area contributed by atoms with Crippen molar-refractivity contribution in [1.82, 2.24) is 15.2 Å². The Morgan fingerprint density at radius 2 is 1.66 bits per heavy atom. The third-order valence-electron chi connectivity index (χ3n) is 4.89. The molecular formula is C25H18N4O2S. The molecule has 6 nitrogen and oxygen atoms in total. The van der Waals surface area contributed by atoms with Crippen molar-refractivity contribution in [1.29, 1.82) is 0 Å². The lowest BCUT2D eigenvalue weighted by molar-refractivity contribution is -0.115. The van der Waals surface area contributed by atoms with Crippen LogP contribution in [0.25, 0.3) is 22.2 Å². The van der Waals surface area contributed by atoms with Gasteiger partial charge in [0.25, 0.3) is 5.22 Å². The van der Waals surface area contributed by atoms with E-state index in [2.05, 4.69) is 21.2 Å². The van der Waals surface area contributed by atoms with Crippen LogP contribution in [0.15, 0.2) is 107 Å². The molecule has 0 unspecified atom stereocenters. The summed E-state index contributed by atoms with van der Waals surface area (Å²) in [5.41, 5.74) is 2.34. The molecule has 0 radical (unpaired) electrons. The normalized spacial score (nSPS) is 10.9. The summed E-state index contributed by atoms with van der Waals surface area (Å²) in [4.78, 5) is 19.1. The molecule has 0 fully saturated rings. The summed E-state index contributed by atoms with van der Waals surface area (Å²) in [6, 6.07) is 27.4. The molecule has 5 rings (SSSR count). The lowest BCUT2D eigenvalue weighted by Crippen LogP contribution is -2.27. The average Bonchev–Trinajstić information content (AvgIpc) is 3.33. The van der Waals surface area contributed by atoms with Gasteiger partial charge in [0.2, 0.25) is 11.8 Å². The van der Waals surface area contributed by atoms with Gasteiger partial charge in [0.05, 0.1) is 11.3 Å². The summed E-state index contributed by atoms with van der Waals surface area (Å²) < 4.78 is 5.70. The number of fused-ring (bicyclic) bond motifs is 1. The third-order valence-corrected chi connectivity index (χ3v) is 5.69. The summed E-state index contributed by atoms with van der Waals surface area (Å²) in [5, 5.41) is 10.7. The molecule has 0 atom stereocenters. The highest BCUT2D eigenvalue weighted by Gasteiger charge is 2.20. The fraction of sp³-hybridized carbons (Fsp3) is 0.0400. The monoisotopic (exact) mass is 438 g/mol. The van der Waals surface area contributed by atoms with Gasteiger partial charge in [-0.05, 0) is 47.2 Å². The van der Waals surface area contributed by atoms with Crippen molar-refractivity contribution in [2.75, 3.05) is 10.7 Å². The number of hydrogen-bond acceptors (Lipinski definition) is 6. The van der Waals surface area contributed by atoms with Gasteiger partial charge in [-0.1, -0.05) is 60.3 Å². The van der Waals surface area contributed by atoms with E-state index in [0.29, 0.717) is 11.1 Å². The minimum atomic E-state index is -0.0855. The van der Waals surface area contributed by atoms with Crippen molar-refractivity contribution in [2.24, 2.45) is 0 Å². The molecule has 32 heavy (non-hydrogen) atoms. The molecule has 2 aromatic heterocycles. The lowest BCUT2D eigenvalue weighted by atomic mass is 10.1. The van der Waals surface area contributed by atoms with Gasteiger partial charge in [0.15, 0.2) is 0 Å². The van der Waals surface area contributed by atoms with Crippen molar-refractivity contribution < 1.29 is 9.21 Å². The SMILES string of the molecule is O=C(CSc1nnc(-c2cccnc2)o1)N(c1ccccc1)c1ccc2ccccc2c1. The molecule has 3 aromatic carbocycles. The number of para-hydroxylation sites is 1. The van der Waals surface area contributed by atoms with Crippen molar-refractivity contribution in [2.45, 2.75) is 5.22 Å². The van der Waals surface area contributed by atoms with Gasteiger partial charge >= 0.3 is 0 Å². The highest BCUT2D eigenvalue weighted by Crippen LogP contribution is 2.30. The van der Waals surface area contributed by atoms with E-state index < -0.39 is 0 Å². The minimum Gasteiger partial charge on any atom is -0.411 e. The molecule has 1 amide bonds. The lowest BCUT2D eigenvalue weighted by Gasteiger charge is -2.23. The predicted octanol–water partition coefficient (Wildman–Crippen LogP) is 5.74. The largest absolute Gasteiger partial charge is 0.411 e. The Labute approximate surface area is 188 Å². The molecule has 0 aliphatic heterocycles. The molecule has 0 saturated carbocycles. The van der Waals surface area contributed by atoms with Gasteiger partial charge < -0.3 is 4.42 Å². The number of hydrogen-bond donors (Lipinski definition) is 0. The highest BCUT2D eigenvalue weighted by molar-refractivity contribution is 7.99. The first-order chi connectivity index (χ1) is 15.8. The van der Waals surface area contributed by atoms with Gasteiger partial charge in [-0.2, -0.15) is 0 Å². The maximum Gasteiger partial charge on any atom is 0.277 e. The first kappa shape index (κ1) is 20.0. The number of amides is 1. The molecular weight excluding hydrogens is 420 g/mol. The second-order valence-corrected chi connectivity index (χ2v) is 7.93. The van der Waals surface area contributed by atoms with E-state index in [4.69, 9.17) is 4.42 Å². The highest BCUT2D eigenvalue weighted by atomic mass is 32.2. The zero-order valence-corrected chi connectivity index (χ0v) is 17.8. The zero-order valence-electron chi connectivity index (χ0n) is 17.0. The van der Waals surface area contributed by atoms with Crippen LogP contribution in [0.2, 0.25) is 0 Å². The van der Waals surface area contributed by atoms with Gasteiger partial charge in [-0.3, -0.25) is 14.7 Å². The van der Waals surface area contributed by atoms with Crippen molar-refractivity contribution in [3.8, 4) is 11.5 Å². The summed E-state index contributed by atoms with van der Waals surface area (Å²) in [6.45, 7) is 0. The van der Waals surface area contributed by atoms with Crippen molar-refractivity contribution in [3.63, 3.8) is 0 Å². The number of carbonyl (C=O) groups is 1. The molecule has 7 heteroatoms. The number of nitrogens with zero attached hydrogens (tertiary/aromatic N) is 4. The van der Waals surface area contributed by atoms with Crippen LogP contribution in [0.4, 0.5) is 11.4 Å². The molecule has 0 aliphatic carbocycles. The molecule has 0 spiro atoms. The predicted molar refractivity (Wildman–Crippen MR) is 126 cm³/mol. The quantitative estimate of drug-likeness (QED) is 0.315. The maximum atomic E-state index is 13.3. The van der Waals surface area contributed by atoms with Gasteiger partial charge in [-0.25, -0.2) is 0 Å². The molecule has 0 bridgehead atoms. The van der Waals surface area contributed by atoms with Crippen LogP contribution in [0.3, 0.4) is 0 Å². The maximum absolute atomic E-state index is 13.3. The summed E-state index contributed by atoms with van der Waals surface area (Å²) in [7, 11) is 0. The Morgan fingerprint density at radius 3 is 2.47 bits per heavy atom. The van der Waals surface area contributed by atoms with Crippen LogP contribution in [0.1, 0.15) is 0 Å². The Hall–Kier alpha value is -3.97. The van der Waals surface area contributed by atoms with E-state index in [-0.39, 0.29) is 11.7 Å². The summed E-state index contributed by atoms with van der Waals surface area (Å²) in [5.74, 6) is 0.441. The number of benzene rings is 3. The first-order valence-corrected chi connectivity index (χ1v) is 11.0. The Kier molecular flexibility index (Phi) is 5.63. The van der Waals surface area contributed by atoms with E-state index in [0.717, 1.165) is 27.7 Å². The standard InChI is InChI=1S/C25H18N4O2S/c30-23(17-32-25-28-27-24(31-25)20-9-6-14-26-16-20)29(21-10-2-1-3-11-21)22-13-12-18-7-4-5-8-19(18)15-22/h1-16H,17H2. The van der Waals surface area contributed by atoms with Crippen LogP contribution in [0.5, 0.6) is 0 Å². The summed E-state index contributed by atoms with van der Waals surface area (Å²) in [6.07, 6.45) is 3.34. The summed E-state index contributed by atoms with van der Waals surface area (Å²) >= 11 is 1.21. The van der Waals surface area contributed by atoms with Crippen molar-refractivity contribution >= 4 is 39.8 Å². The number of pyridine rings is 1. The number of carbonyl (C=O) groups excluding carboxylic acids is 1. The Morgan fingerprint density at radius 1 is 0.844 bits per heavy atom. The van der Waals surface area contributed by atoms with Crippen molar-refractivity contribution in [3.05, 3.63) is 97.3 Å². The van der Waals surface area contributed by atoms with E-state index in [9.17, 15) is 4.79 Å². The molecule has 0 aliphatic rings. The first-order valence-electron chi connectivity index (χ1n) is 10.0. The zero-order chi connectivity index (χ0) is 21.8. The van der Waals surface area contributed by atoms with Gasteiger partial charge in [-0.15, -0.1) is 10.2 Å². The number of thioether (sulfide) groups is 1. The van der Waals surface area contributed by atoms with Crippen LogP contribution >= 0.6 is 11.8 Å². The minimum absolute atomic E-state index is 0.0855. The van der Waals surface area contributed by atoms with Gasteiger partial charge in [0.1, 0.15) is 0 Å². The molecule has 2 heterocycles. The Balaban J connectivity index is 1.39. The van der Waals surface area contributed by atoms with E-state index in [1.54, 1.807) is 23.4 Å². The molecule has 0 saturated heterocycles. The van der Waals surface area contributed by atoms with E-state index in [1.165, 1.54) is 11.8 Å². The molecule has 5 aromatic rings. The number of rotatable bonds is 6.